The van der Waals surface area contributed by atoms with Crippen molar-refractivity contribution in [3.05, 3.63) is 29.8 Å². The van der Waals surface area contributed by atoms with E-state index in [1.54, 1.807) is 0 Å². The number of rotatable bonds is 0. The number of likely N-dealkylation sites (N-methyl/N-ethyl adjacent to an activating group) is 1. The lowest BCUT2D eigenvalue weighted by Gasteiger charge is -2.44. The van der Waals surface area contributed by atoms with Gasteiger partial charge >= 0.3 is 0 Å². The Balaban J connectivity index is 1.88. The van der Waals surface area contributed by atoms with Gasteiger partial charge in [-0.25, -0.2) is 0 Å². The van der Waals surface area contributed by atoms with E-state index in [2.05, 4.69) is 21.2 Å². The molecule has 116 valence electrons. The molecule has 7 nitrogen and oxygen atoms in total. The predicted octanol–water partition coefficient (Wildman–Crippen LogP) is -0.260. The standard InChI is InChI=1S/C14H14BrN3O4/c1-17-9(19)10(20)18-11-13(15,6-14(18,22)12(17)21)7-4-2-3-5-8(7)16-11/h2-5,9,11,16,19,22H,6H2,1H3/t9-,11-,13+,14-/m1/s1. The van der Waals surface area contributed by atoms with E-state index in [0.717, 1.165) is 21.1 Å². The van der Waals surface area contributed by atoms with Crippen molar-refractivity contribution < 1.29 is 19.8 Å². The number of hydrogen-bond acceptors (Lipinski definition) is 5. The van der Waals surface area contributed by atoms with Crippen LogP contribution in [0.2, 0.25) is 0 Å². The summed E-state index contributed by atoms with van der Waals surface area (Å²) in [4.78, 5) is 26.8. The molecule has 1 aromatic rings. The second-order valence-electron chi connectivity index (χ2n) is 5.95. The molecule has 4 atom stereocenters. The van der Waals surface area contributed by atoms with Gasteiger partial charge in [-0.1, -0.05) is 34.1 Å². The van der Waals surface area contributed by atoms with Crippen molar-refractivity contribution in [2.24, 2.45) is 0 Å². The first-order valence-corrected chi connectivity index (χ1v) is 7.66. The van der Waals surface area contributed by atoms with Gasteiger partial charge in [0.25, 0.3) is 11.8 Å². The molecule has 3 aliphatic heterocycles. The van der Waals surface area contributed by atoms with Crippen LogP contribution in [0.5, 0.6) is 0 Å². The molecule has 0 aliphatic carbocycles. The quantitative estimate of drug-likeness (QED) is 0.549. The summed E-state index contributed by atoms with van der Waals surface area (Å²) in [5.41, 5.74) is -0.264. The van der Waals surface area contributed by atoms with Crippen LogP contribution in [0.25, 0.3) is 0 Å². The highest BCUT2D eigenvalue weighted by molar-refractivity contribution is 9.09. The second-order valence-corrected chi connectivity index (χ2v) is 7.36. The first-order valence-electron chi connectivity index (χ1n) is 6.86. The molecule has 0 unspecified atom stereocenters. The van der Waals surface area contributed by atoms with Gasteiger partial charge in [-0.05, 0) is 11.6 Å². The zero-order valence-electron chi connectivity index (χ0n) is 11.7. The number of fused-ring (bicyclic) bond motifs is 5. The smallest absolute Gasteiger partial charge is 0.278 e. The molecule has 0 aromatic heterocycles. The van der Waals surface area contributed by atoms with Gasteiger partial charge in [0, 0.05) is 19.2 Å². The average Bonchev–Trinajstić information content (AvgIpc) is 2.89. The van der Waals surface area contributed by atoms with E-state index < -0.39 is 34.3 Å². The largest absolute Gasteiger partial charge is 0.365 e. The molecule has 2 fully saturated rings. The van der Waals surface area contributed by atoms with Crippen molar-refractivity contribution in [2.45, 2.75) is 28.9 Å². The Labute approximate surface area is 134 Å². The molecular weight excluding hydrogens is 354 g/mol. The van der Waals surface area contributed by atoms with Crippen LogP contribution in [0.15, 0.2) is 24.3 Å². The van der Waals surface area contributed by atoms with Crippen molar-refractivity contribution in [2.75, 3.05) is 12.4 Å². The van der Waals surface area contributed by atoms with Gasteiger partial charge in [0.1, 0.15) is 6.17 Å². The molecule has 3 aliphatic rings. The van der Waals surface area contributed by atoms with Crippen LogP contribution >= 0.6 is 15.9 Å². The maximum Gasteiger partial charge on any atom is 0.278 e. The Morgan fingerprint density at radius 2 is 2.05 bits per heavy atom. The molecule has 8 heteroatoms. The predicted molar refractivity (Wildman–Crippen MR) is 79.6 cm³/mol. The van der Waals surface area contributed by atoms with E-state index in [4.69, 9.17) is 0 Å². The number of amides is 2. The fraction of sp³-hybridized carbons (Fsp3) is 0.429. The lowest BCUT2D eigenvalue weighted by Crippen LogP contribution is -2.70. The summed E-state index contributed by atoms with van der Waals surface area (Å²) in [6.45, 7) is 0. The number of piperazine rings is 1. The fourth-order valence-corrected chi connectivity index (χ4v) is 4.73. The topological polar surface area (TPSA) is 93.1 Å². The number of aliphatic hydroxyl groups is 2. The van der Waals surface area contributed by atoms with Gasteiger partial charge in [0.2, 0.25) is 12.0 Å². The number of para-hydroxylation sites is 1. The summed E-state index contributed by atoms with van der Waals surface area (Å²) in [6, 6.07) is 7.47. The summed E-state index contributed by atoms with van der Waals surface area (Å²) in [6.07, 6.45) is -2.22. The molecule has 0 saturated carbocycles. The molecule has 2 amide bonds. The van der Waals surface area contributed by atoms with Crippen molar-refractivity contribution in [3.8, 4) is 0 Å². The van der Waals surface area contributed by atoms with Crippen LogP contribution in [0, 0.1) is 0 Å². The molecule has 3 N–H and O–H groups in total. The number of benzene rings is 1. The van der Waals surface area contributed by atoms with Crippen molar-refractivity contribution in [1.82, 2.24) is 9.80 Å². The zero-order valence-corrected chi connectivity index (χ0v) is 13.2. The number of carbonyl (C=O) groups excluding carboxylic acids is 2. The first kappa shape index (κ1) is 14.0. The van der Waals surface area contributed by atoms with Gasteiger partial charge in [-0.15, -0.1) is 0 Å². The minimum atomic E-state index is -1.97. The van der Waals surface area contributed by atoms with Gasteiger partial charge in [-0.3, -0.25) is 14.5 Å². The number of halogens is 1. The van der Waals surface area contributed by atoms with Crippen LogP contribution in [0.3, 0.4) is 0 Å². The Morgan fingerprint density at radius 3 is 2.77 bits per heavy atom. The lowest BCUT2D eigenvalue weighted by atomic mass is 9.94. The Morgan fingerprint density at radius 1 is 1.36 bits per heavy atom. The summed E-state index contributed by atoms with van der Waals surface area (Å²) >= 11 is 3.62. The molecule has 1 aromatic carbocycles. The van der Waals surface area contributed by atoms with Crippen LogP contribution in [0.4, 0.5) is 5.69 Å². The number of anilines is 1. The SMILES string of the molecule is CN1C(=O)[C@]2(O)C[C@]3(Br)c4ccccc4N[C@@H]3N2C(=O)[C@H]1O. The molecule has 0 spiro atoms. The maximum absolute atomic E-state index is 12.5. The first-order chi connectivity index (χ1) is 10.3. The summed E-state index contributed by atoms with van der Waals surface area (Å²) in [7, 11) is 1.30. The Hall–Kier alpha value is -1.64. The van der Waals surface area contributed by atoms with E-state index in [1.165, 1.54) is 7.05 Å². The third-order valence-corrected chi connectivity index (χ3v) is 5.89. The summed E-state index contributed by atoms with van der Waals surface area (Å²) < 4.78 is -0.783. The third kappa shape index (κ3) is 1.38. The number of nitrogens with zero attached hydrogens (tertiary/aromatic N) is 2. The lowest BCUT2D eigenvalue weighted by molar-refractivity contribution is -0.206. The van der Waals surface area contributed by atoms with Gasteiger partial charge in [0.15, 0.2) is 0 Å². The molecule has 2 saturated heterocycles. The highest BCUT2D eigenvalue weighted by atomic mass is 79.9. The van der Waals surface area contributed by atoms with Crippen LogP contribution in [-0.4, -0.2) is 57.0 Å². The number of nitrogens with one attached hydrogen (secondary N) is 1. The van der Waals surface area contributed by atoms with E-state index in [1.807, 2.05) is 24.3 Å². The molecule has 4 rings (SSSR count). The molecule has 0 bridgehead atoms. The minimum absolute atomic E-state index is 0.0102. The van der Waals surface area contributed by atoms with Crippen LogP contribution < -0.4 is 5.32 Å². The number of alkyl halides is 1. The minimum Gasteiger partial charge on any atom is -0.365 e. The van der Waals surface area contributed by atoms with Gasteiger partial charge < -0.3 is 20.4 Å². The second kappa shape index (κ2) is 4.01. The van der Waals surface area contributed by atoms with Gasteiger partial charge in [0.05, 0.1) is 4.32 Å². The average molecular weight is 368 g/mol. The number of aliphatic hydroxyl groups excluding tert-OH is 1. The van der Waals surface area contributed by atoms with Gasteiger partial charge in [-0.2, -0.15) is 0 Å². The maximum atomic E-state index is 12.5. The zero-order chi connectivity index (χ0) is 15.9. The fourth-order valence-electron chi connectivity index (χ4n) is 3.67. The molecule has 0 radical (unpaired) electrons. The number of carbonyl (C=O) groups is 2. The van der Waals surface area contributed by atoms with Crippen molar-refractivity contribution in [3.63, 3.8) is 0 Å². The van der Waals surface area contributed by atoms with E-state index in [9.17, 15) is 19.8 Å². The van der Waals surface area contributed by atoms with Crippen LogP contribution in [0.1, 0.15) is 12.0 Å². The highest BCUT2D eigenvalue weighted by Crippen LogP contribution is 2.58. The van der Waals surface area contributed by atoms with Crippen molar-refractivity contribution in [1.29, 1.82) is 0 Å². The molecular formula is C14H14BrN3O4. The summed E-state index contributed by atoms with van der Waals surface area (Å²) in [5.74, 6) is -1.39. The highest BCUT2D eigenvalue weighted by Gasteiger charge is 2.70. The van der Waals surface area contributed by atoms with Crippen molar-refractivity contribution >= 4 is 33.4 Å². The molecule has 22 heavy (non-hydrogen) atoms. The van der Waals surface area contributed by atoms with Crippen LogP contribution in [-0.2, 0) is 13.9 Å². The molecule has 3 heterocycles. The monoisotopic (exact) mass is 367 g/mol. The Kier molecular flexibility index (Phi) is 2.55. The normalized spacial score (nSPS) is 39.5. The summed E-state index contributed by atoms with van der Waals surface area (Å²) in [5, 5.41) is 24.0. The van der Waals surface area contributed by atoms with E-state index in [0.29, 0.717) is 0 Å². The van der Waals surface area contributed by atoms with E-state index >= 15 is 0 Å². The Bertz CT molecular complexity index is 713. The third-order valence-electron chi connectivity index (χ3n) is 4.75. The van der Waals surface area contributed by atoms with E-state index in [-0.39, 0.29) is 6.42 Å². The number of hydrogen-bond donors (Lipinski definition) is 3.